The lowest BCUT2D eigenvalue weighted by Crippen LogP contribution is -2.22. The molecule has 0 radical (unpaired) electrons. The molecule has 1 atom stereocenters. The Morgan fingerprint density at radius 2 is 2.11 bits per heavy atom. The zero-order chi connectivity index (χ0) is 13.7. The van der Waals surface area contributed by atoms with Crippen molar-refractivity contribution >= 4 is 23.2 Å². The Kier molecular flexibility index (Phi) is 5.22. The minimum atomic E-state index is -0.640. The Morgan fingerprint density at radius 3 is 2.79 bits per heavy atom. The van der Waals surface area contributed by atoms with Gasteiger partial charge in [-0.1, -0.05) is 41.4 Å². The Bertz CT molecular complexity index is 531. The molecule has 102 valence electrons. The number of hydrogen-bond acceptors (Lipinski definition) is 3. The standard InChI is InChI=1S/C13H14Cl2N2O2/c14-11-5-16-17(6-11)7-12(18)9-19-8-10-3-1-2-4-13(10)15/h1-6,12,18H,7-9H2/t12-/m1/s1. The third-order valence-corrected chi connectivity index (χ3v) is 3.09. The van der Waals surface area contributed by atoms with Crippen molar-refractivity contribution < 1.29 is 9.84 Å². The monoisotopic (exact) mass is 300 g/mol. The lowest BCUT2D eigenvalue weighted by atomic mass is 10.2. The SMILES string of the molecule is O[C@@H](COCc1ccccc1Cl)Cn1cc(Cl)cn1. The molecule has 1 heterocycles. The van der Waals surface area contributed by atoms with E-state index in [1.807, 2.05) is 24.3 Å². The first-order valence-corrected chi connectivity index (χ1v) is 6.58. The predicted molar refractivity (Wildman–Crippen MR) is 74.4 cm³/mol. The Balaban J connectivity index is 1.75. The molecule has 1 N–H and O–H groups in total. The first-order valence-electron chi connectivity index (χ1n) is 5.82. The van der Waals surface area contributed by atoms with E-state index in [-0.39, 0.29) is 6.61 Å². The Hall–Kier alpha value is -1.07. The summed E-state index contributed by atoms with van der Waals surface area (Å²) in [5, 5.41) is 15.0. The van der Waals surface area contributed by atoms with Gasteiger partial charge in [-0.2, -0.15) is 5.10 Å². The van der Waals surface area contributed by atoms with Crippen LogP contribution in [0.25, 0.3) is 0 Å². The number of ether oxygens (including phenoxy) is 1. The smallest absolute Gasteiger partial charge is 0.0969 e. The van der Waals surface area contributed by atoms with Gasteiger partial charge in [-0.25, -0.2) is 0 Å². The summed E-state index contributed by atoms with van der Waals surface area (Å²) in [7, 11) is 0. The number of rotatable bonds is 6. The number of aliphatic hydroxyl groups is 1. The fraction of sp³-hybridized carbons (Fsp3) is 0.308. The number of aromatic nitrogens is 2. The fourth-order valence-electron chi connectivity index (χ4n) is 1.63. The van der Waals surface area contributed by atoms with Gasteiger partial charge in [-0.05, 0) is 11.6 Å². The maximum Gasteiger partial charge on any atom is 0.0969 e. The van der Waals surface area contributed by atoms with E-state index < -0.39 is 6.10 Å². The van der Waals surface area contributed by atoms with E-state index in [1.54, 1.807) is 10.9 Å². The highest BCUT2D eigenvalue weighted by atomic mass is 35.5. The Morgan fingerprint density at radius 1 is 1.32 bits per heavy atom. The molecule has 0 spiro atoms. The quantitative estimate of drug-likeness (QED) is 0.892. The zero-order valence-corrected chi connectivity index (χ0v) is 11.7. The minimum absolute atomic E-state index is 0.211. The topological polar surface area (TPSA) is 47.3 Å². The van der Waals surface area contributed by atoms with Crippen molar-refractivity contribution in [2.75, 3.05) is 6.61 Å². The van der Waals surface area contributed by atoms with Gasteiger partial charge in [0.25, 0.3) is 0 Å². The van der Waals surface area contributed by atoms with Crippen molar-refractivity contribution in [2.45, 2.75) is 19.3 Å². The summed E-state index contributed by atoms with van der Waals surface area (Å²) in [6.45, 7) is 0.925. The normalized spacial score (nSPS) is 12.6. The van der Waals surface area contributed by atoms with Crippen LogP contribution in [0, 0.1) is 0 Å². The van der Waals surface area contributed by atoms with E-state index in [0.29, 0.717) is 23.2 Å². The highest BCUT2D eigenvalue weighted by molar-refractivity contribution is 6.31. The van der Waals surface area contributed by atoms with Crippen LogP contribution in [0.15, 0.2) is 36.7 Å². The molecule has 0 amide bonds. The molecule has 1 aromatic carbocycles. The van der Waals surface area contributed by atoms with E-state index in [0.717, 1.165) is 5.56 Å². The predicted octanol–water partition coefficient (Wildman–Crippen LogP) is 2.77. The largest absolute Gasteiger partial charge is 0.389 e. The lowest BCUT2D eigenvalue weighted by molar-refractivity contribution is 0.0187. The van der Waals surface area contributed by atoms with Crippen molar-refractivity contribution in [1.29, 1.82) is 0 Å². The average Bonchev–Trinajstić information content (AvgIpc) is 2.77. The van der Waals surface area contributed by atoms with Crippen LogP contribution in [0.1, 0.15) is 5.56 Å². The highest BCUT2D eigenvalue weighted by Gasteiger charge is 2.07. The van der Waals surface area contributed by atoms with E-state index in [9.17, 15) is 5.11 Å². The summed E-state index contributed by atoms with van der Waals surface area (Å²) in [6.07, 6.45) is 2.54. The molecule has 1 aromatic heterocycles. The highest BCUT2D eigenvalue weighted by Crippen LogP contribution is 2.15. The third-order valence-electron chi connectivity index (χ3n) is 2.53. The van der Waals surface area contributed by atoms with Crippen molar-refractivity contribution in [2.24, 2.45) is 0 Å². The molecule has 0 aliphatic rings. The summed E-state index contributed by atoms with van der Waals surface area (Å²) < 4.78 is 7.01. The maximum atomic E-state index is 9.80. The fourth-order valence-corrected chi connectivity index (χ4v) is 1.97. The second-order valence-corrected chi connectivity index (χ2v) is 4.98. The molecule has 0 fully saturated rings. The number of halogens is 2. The molecular formula is C13H14Cl2N2O2. The molecule has 6 heteroatoms. The van der Waals surface area contributed by atoms with Crippen LogP contribution < -0.4 is 0 Å². The minimum Gasteiger partial charge on any atom is -0.389 e. The van der Waals surface area contributed by atoms with Gasteiger partial charge in [0.05, 0.1) is 37.1 Å². The summed E-state index contributed by atoms with van der Waals surface area (Å²) in [5.41, 5.74) is 0.901. The molecule has 19 heavy (non-hydrogen) atoms. The molecule has 0 unspecified atom stereocenters. The van der Waals surface area contributed by atoms with Gasteiger partial charge in [-0.3, -0.25) is 4.68 Å². The van der Waals surface area contributed by atoms with Gasteiger partial charge < -0.3 is 9.84 Å². The van der Waals surface area contributed by atoms with Gasteiger partial charge in [0.2, 0.25) is 0 Å². The van der Waals surface area contributed by atoms with Gasteiger partial charge >= 0.3 is 0 Å². The Labute approximate surface area is 121 Å². The van der Waals surface area contributed by atoms with E-state index in [2.05, 4.69) is 5.10 Å². The van der Waals surface area contributed by atoms with Crippen molar-refractivity contribution in [1.82, 2.24) is 9.78 Å². The van der Waals surface area contributed by atoms with Crippen LogP contribution in [0.4, 0.5) is 0 Å². The molecule has 2 rings (SSSR count). The number of aliphatic hydroxyl groups excluding tert-OH is 1. The van der Waals surface area contributed by atoms with Crippen molar-refractivity contribution in [3.8, 4) is 0 Å². The first-order chi connectivity index (χ1) is 9.15. The van der Waals surface area contributed by atoms with Crippen molar-refractivity contribution in [3.63, 3.8) is 0 Å². The number of nitrogens with zero attached hydrogens (tertiary/aromatic N) is 2. The second-order valence-electron chi connectivity index (χ2n) is 4.14. The van der Waals surface area contributed by atoms with Gasteiger partial charge in [0, 0.05) is 11.2 Å². The number of hydrogen-bond donors (Lipinski definition) is 1. The summed E-state index contributed by atoms with van der Waals surface area (Å²) in [4.78, 5) is 0. The van der Waals surface area contributed by atoms with Gasteiger partial charge in [0.15, 0.2) is 0 Å². The van der Waals surface area contributed by atoms with E-state index in [4.69, 9.17) is 27.9 Å². The van der Waals surface area contributed by atoms with E-state index >= 15 is 0 Å². The van der Waals surface area contributed by atoms with Gasteiger partial charge in [-0.15, -0.1) is 0 Å². The van der Waals surface area contributed by atoms with E-state index in [1.165, 1.54) is 6.20 Å². The van der Waals surface area contributed by atoms with Crippen LogP contribution in [-0.2, 0) is 17.9 Å². The first kappa shape index (κ1) is 14.3. The van der Waals surface area contributed by atoms with Crippen LogP contribution >= 0.6 is 23.2 Å². The molecule has 0 saturated heterocycles. The van der Waals surface area contributed by atoms with Crippen LogP contribution in [0.5, 0.6) is 0 Å². The summed E-state index contributed by atoms with van der Waals surface area (Å²) in [5.74, 6) is 0. The molecule has 4 nitrogen and oxygen atoms in total. The average molecular weight is 301 g/mol. The van der Waals surface area contributed by atoms with Crippen LogP contribution in [-0.4, -0.2) is 27.6 Å². The molecule has 0 saturated carbocycles. The number of benzene rings is 1. The molecule has 2 aromatic rings. The molecule has 0 aliphatic heterocycles. The summed E-state index contributed by atoms with van der Waals surface area (Å²) in [6, 6.07) is 7.46. The third kappa shape index (κ3) is 4.51. The van der Waals surface area contributed by atoms with Gasteiger partial charge in [0.1, 0.15) is 0 Å². The molecular weight excluding hydrogens is 287 g/mol. The lowest BCUT2D eigenvalue weighted by Gasteiger charge is -2.12. The second kappa shape index (κ2) is 6.91. The van der Waals surface area contributed by atoms with Crippen LogP contribution in [0.3, 0.4) is 0 Å². The summed E-state index contributed by atoms with van der Waals surface area (Å²) >= 11 is 11.7. The molecule has 0 bridgehead atoms. The molecule has 0 aliphatic carbocycles. The van der Waals surface area contributed by atoms with Crippen molar-refractivity contribution in [3.05, 3.63) is 52.3 Å². The maximum absolute atomic E-state index is 9.80. The zero-order valence-electron chi connectivity index (χ0n) is 10.2. The van der Waals surface area contributed by atoms with Crippen LogP contribution in [0.2, 0.25) is 10.0 Å².